The molecule has 1 heterocycles. The third kappa shape index (κ3) is 2.62. The van der Waals surface area contributed by atoms with Crippen molar-refractivity contribution in [1.29, 1.82) is 0 Å². The monoisotopic (exact) mass is 260 g/mol. The van der Waals surface area contributed by atoms with Crippen LogP contribution < -0.4 is 9.47 Å². The predicted octanol–water partition coefficient (Wildman–Crippen LogP) is 2.50. The molecule has 0 fully saturated rings. The Morgan fingerprint density at radius 1 is 1.26 bits per heavy atom. The molecule has 6 heteroatoms. The second kappa shape index (κ2) is 5.34. The van der Waals surface area contributed by atoms with E-state index in [1.165, 1.54) is 13.2 Å². The second-order valence-electron chi connectivity index (χ2n) is 3.73. The number of methoxy groups -OCH3 is 2. The van der Waals surface area contributed by atoms with Crippen LogP contribution in [0.15, 0.2) is 30.6 Å². The first-order valence-corrected chi connectivity index (χ1v) is 5.48. The molecule has 0 saturated heterocycles. The highest BCUT2D eigenvalue weighted by Gasteiger charge is 2.08. The number of fused-ring (bicyclic) bond motifs is 1. The van der Waals surface area contributed by atoms with Crippen LogP contribution in [0.4, 0.5) is 0 Å². The van der Waals surface area contributed by atoms with Gasteiger partial charge in [0, 0.05) is 17.7 Å². The van der Waals surface area contributed by atoms with Crippen molar-refractivity contribution >= 4 is 16.8 Å². The van der Waals surface area contributed by atoms with Gasteiger partial charge in [-0.1, -0.05) is 0 Å². The van der Waals surface area contributed by atoms with E-state index in [1.54, 1.807) is 31.5 Å². The SMILES string of the molecule is COc1cc2ccnc(/C=C/[N+](=O)[O-])c2cc1OC. The molecular formula is C13H12N2O4. The van der Waals surface area contributed by atoms with Crippen LogP contribution in [-0.4, -0.2) is 24.1 Å². The van der Waals surface area contributed by atoms with Crippen molar-refractivity contribution in [2.75, 3.05) is 14.2 Å². The number of rotatable bonds is 4. The van der Waals surface area contributed by atoms with Crippen LogP contribution in [0.2, 0.25) is 0 Å². The molecule has 0 radical (unpaired) electrons. The molecule has 98 valence electrons. The molecule has 0 unspecified atom stereocenters. The number of nitro groups is 1. The van der Waals surface area contributed by atoms with E-state index < -0.39 is 4.92 Å². The van der Waals surface area contributed by atoms with E-state index in [4.69, 9.17) is 9.47 Å². The highest BCUT2D eigenvalue weighted by molar-refractivity contribution is 5.91. The highest BCUT2D eigenvalue weighted by Crippen LogP contribution is 2.33. The third-order valence-corrected chi connectivity index (χ3v) is 2.65. The second-order valence-corrected chi connectivity index (χ2v) is 3.73. The van der Waals surface area contributed by atoms with Gasteiger partial charge in [0.2, 0.25) is 6.20 Å². The van der Waals surface area contributed by atoms with Crippen LogP contribution in [0.3, 0.4) is 0 Å². The summed E-state index contributed by atoms with van der Waals surface area (Å²) in [6.07, 6.45) is 3.81. The van der Waals surface area contributed by atoms with Gasteiger partial charge in [-0.2, -0.15) is 0 Å². The maximum Gasteiger partial charge on any atom is 0.236 e. The molecule has 1 aromatic carbocycles. The van der Waals surface area contributed by atoms with Gasteiger partial charge in [-0.05, 0) is 23.6 Å². The summed E-state index contributed by atoms with van der Waals surface area (Å²) < 4.78 is 10.4. The lowest BCUT2D eigenvalue weighted by Gasteiger charge is -2.09. The maximum absolute atomic E-state index is 10.4. The molecule has 0 aliphatic rings. The quantitative estimate of drug-likeness (QED) is 0.623. The number of hydrogen-bond donors (Lipinski definition) is 0. The summed E-state index contributed by atoms with van der Waals surface area (Å²) in [4.78, 5) is 14.0. The molecule has 0 spiro atoms. The molecule has 0 bridgehead atoms. The number of benzene rings is 1. The molecule has 0 amide bonds. The Morgan fingerprint density at radius 2 is 1.95 bits per heavy atom. The summed E-state index contributed by atoms with van der Waals surface area (Å²) in [5.74, 6) is 1.16. The molecular weight excluding hydrogens is 248 g/mol. The summed E-state index contributed by atoms with van der Waals surface area (Å²) in [6.45, 7) is 0. The molecule has 2 aromatic rings. The van der Waals surface area contributed by atoms with E-state index >= 15 is 0 Å². The lowest BCUT2D eigenvalue weighted by Crippen LogP contribution is -1.92. The summed E-state index contributed by atoms with van der Waals surface area (Å²) in [5, 5.41) is 12.0. The fourth-order valence-corrected chi connectivity index (χ4v) is 1.79. The van der Waals surface area contributed by atoms with Gasteiger partial charge in [-0.15, -0.1) is 0 Å². The average molecular weight is 260 g/mol. The fraction of sp³-hybridized carbons (Fsp3) is 0.154. The van der Waals surface area contributed by atoms with E-state index in [9.17, 15) is 10.1 Å². The van der Waals surface area contributed by atoms with Gasteiger partial charge in [-0.3, -0.25) is 15.1 Å². The summed E-state index contributed by atoms with van der Waals surface area (Å²) >= 11 is 0. The maximum atomic E-state index is 10.4. The molecule has 0 aliphatic carbocycles. The van der Waals surface area contributed by atoms with E-state index in [0.717, 1.165) is 17.0 Å². The molecule has 0 saturated carbocycles. The van der Waals surface area contributed by atoms with Gasteiger partial charge in [0.05, 0.1) is 24.8 Å². The van der Waals surface area contributed by atoms with Crippen LogP contribution in [0.25, 0.3) is 16.8 Å². The summed E-state index contributed by atoms with van der Waals surface area (Å²) in [6, 6.07) is 5.36. The lowest BCUT2D eigenvalue weighted by atomic mass is 10.1. The molecule has 2 rings (SSSR count). The van der Waals surface area contributed by atoms with E-state index in [1.807, 2.05) is 0 Å². The number of pyridine rings is 1. The van der Waals surface area contributed by atoms with Crippen LogP contribution in [0.5, 0.6) is 11.5 Å². The smallest absolute Gasteiger partial charge is 0.236 e. The predicted molar refractivity (Wildman–Crippen MR) is 70.9 cm³/mol. The zero-order valence-corrected chi connectivity index (χ0v) is 10.5. The summed E-state index contributed by atoms with van der Waals surface area (Å²) in [7, 11) is 3.09. The van der Waals surface area contributed by atoms with Gasteiger partial charge in [0.15, 0.2) is 11.5 Å². The first-order valence-electron chi connectivity index (χ1n) is 5.48. The Kier molecular flexibility index (Phi) is 3.61. The normalized spacial score (nSPS) is 10.8. The first-order chi connectivity index (χ1) is 9.15. The van der Waals surface area contributed by atoms with Crippen molar-refractivity contribution in [3.8, 4) is 11.5 Å². The minimum atomic E-state index is -0.527. The van der Waals surface area contributed by atoms with Gasteiger partial charge < -0.3 is 9.47 Å². The van der Waals surface area contributed by atoms with Crippen LogP contribution in [0.1, 0.15) is 5.69 Å². The Hall–Kier alpha value is -2.63. The topological polar surface area (TPSA) is 74.5 Å². The molecule has 19 heavy (non-hydrogen) atoms. The molecule has 0 N–H and O–H groups in total. The van der Waals surface area contributed by atoms with Crippen LogP contribution in [-0.2, 0) is 0 Å². The van der Waals surface area contributed by atoms with Crippen molar-refractivity contribution in [2.45, 2.75) is 0 Å². The molecule has 6 nitrogen and oxygen atoms in total. The number of nitrogens with zero attached hydrogens (tertiary/aromatic N) is 2. The van der Waals surface area contributed by atoms with Crippen molar-refractivity contribution < 1.29 is 14.4 Å². The fourth-order valence-electron chi connectivity index (χ4n) is 1.79. The Morgan fingerprint density at radius 3 is 2.58 bits per heavy atom. The van der Waals surface area contributed by atoms with E-state index in [2.05, 4.69) is 4.98 Å². The van der Waals surface area contributed by atoms with Gasteiger partial charge in [0.25, 0.3) is 0 Å². The van der Waals surface area contributed by atoms with E-state index in [0.29, 0.717) is 17.2 Å². The lowest BCUT2D eigenvalue weighted by molar-refractivity contribution is -0.400. The van der Waals surface area contributed by atoms with Crippen LogP contribution in [0, 0.1) is 10.1 Å². The molecule has 0 atom stereocenters. The van der Waals surface area contributed by atoms with Crippen molar-refractivity contribution in [1.82, 2.24) is 4.98 Å². The van der Waals surface area contributed by atoms with Gasteiger partial charge in [0.1, 0.15) is 0 Å². The average Bonchev–Trinajstić information content (AvgIpc) is 2.43. The van der Waals surface area contributed by atoms with E-state index in [-0.39, 0.29) is 0 Å². The third-order valence-electron chi connectivity index (χ3n) is 2.65. The Balaban J connectivity index is 2.63. The van der Waals surface area contributed by atoms with Crippen molar-refractivity contribution in [3.63, 3.8) is 0 Å². The minimum Gasteiger partial charge on any atom is -0.493 e. The van der Waals surface area contributed by atoms with Gasteiger partial charge in [-0.25, -0.2) is 0 Å². The Bertz CT molecular complexity index is 652. The standard InChI is InChI=1S/C13H12N2O4/c1-18-12-7-9-3-5-14-11(4-6-15(16)17)10(9)8-13(12)19-2/h3-8H,1-2H3/b6-4+. The number of hydrogen-bond acceptors (Lipinski definition) is 5. The van der Waals surface area contributed by atoms with Crippen LogP contribution >= 0.6 is 0 Å². The highest BCUT2D eigenvalue weighted by atomic mass is 16.6. The van der Waals surface area contributed by atoms with Crippen molar-refractivity contribution in [3.05, 3.63) is 46.4 Å². The molecule has 1 aromatic heterocycles. The zero-order valence-electron chi connectivity index (χ0n) is 10.5. The largest absolute Gasteiger partial charge is 0.493 e. The summed E-state index contributed by atoms with van der Waals surface area (Å²) in [5.41, 5.74) is 0.509. The van der Waals surface area contributed by atoms with Crippen molar-refractivity contribution in [2.24, 2.45) is 0 Å². The minimum absolute atomic E-state index is 0.509. The molecule has 0 aliphatic heterocycles. The zero-order chi connectivity index (χ0) is 13.8. The Labute approximate surface area is 109 Å². The number of ether oxygens (including phenoxy) is 2. The first kappa shape index (κ1) is 12.8. The number of aromatic nitrogens is 1. The van der Waals surface area contributed by atoms with Gasteiger partial charge >= 0.3 is 0 Å².